The fraction of sp³-hybridized carbons (Fsp3) is 0.333. The van der Waals surface area contributed by atoms with E-state index in [0.29, 0.717) is 18.8 Å². The lowest BCUT2D eigenvalue weighted by Crippen LogP contribution is -2.36. The monoisotopic (exact) mass is 393 g/mol. The Morgan fingerprint density at radius 3 is 2.93 bits per heavy atom. The Morgan fingerprint density at radius 1 is 1.25 bits per heavy atom. The number of fused-ring (bicyclic) bond motifs is 1. The van der Waals surface area contributed by atoms with Crippen LogP contribution in [0.5, 0.6) is 0 Å². The van der Waals surface area contributed by atoms with Gasteiger partial charge < -0.3 is 10.2 Å². The van der Waals surface area contributed by atoms with E-state index in [4.69, 9.17) is 0 Å². The Balaban J connectivity index is 1.38. The van der Waals surface area contributed by atoms with Crippen LogP contribution in [-0.2, 0) is 24.2 Å². The van der Waals surface area contributed by atoms with Gasteiger partial charge in [-0.05, 0) is 42.0 Å². The molecule has 1 aliphatic heterocycles. The number of hydrogen-bond donors (Lipinski definition) is 1. The molecule has 144 valence electrons. The highest BCUT2D eigenvalue weighted by molar-refractivity contribution is 7.10. The van der Waals surface area contributed by atoms with E-state index in [1.807, 2.05) is 23.1 Å². The van der Waals surface area contributed by atoms with Crippen LogP contribution in [0.2, 0.25) is 0 Å². The largest absolute Gasteiger partial charge is 0.369 e. The number of aromatic nitrogens is 3. The first kappa shape index (κ1) is 18.6. The third-order valence-corrected chi connectivity index (χ3v) is 5.91. The third kappa shape index (κ3) is 4.20. The minimum absolute atomic E-state index is 0.184. The zero-order chi connectivity index (χ0) is 19.3. The van der Waals surface area contributed by atoms with Crippen LogP contribution in [-0.4, -0.2) is 38.8 Å². The molecule has 4 heterocycles. The quantitative estimate of drug-likeness (QED) is 0.693. The van der Waals surface area contributed by atoms with Gasteiger partial charge in [0.25, 0.3) is 0 Å². The molecule has 4 rings (SSSR count). The van der Waals surface area contributed by atoms with Gasteiger partial charge in [0.15, 0.2) is 5.82 Å². The van der Waals surface area contributed by atoms with Gasteiger partial charge in [-0.15, -0.1) is 11.3 Å². The molecule has 0 spiro atoms. The molecule has 28 heavy (non-hydrogen) atoms. The Hall–Kier alpha value is -2.80. The average Bonchev–Trinajstić information content (AvgIpc) is 3.22. The molecule has 1 aliphatic rings. The first-order chi connectivity index (χ1) is 13.7. The number of carbonyl (C=O) groups excluding carboxylic acids is 1. The predicted octanol–water partition coefficient (Wildman–Crippen LogP) is 3.55. The standard InChI is InChI=1S/C21H23N5OS/c1-2-17-13-19(25-21(24-17)15-3-8-22-9-4-15)23-10-5-20(27)26-11-6-18-16(14-26)7-12-28-18/h3-4,7-9,12-13H,2,5-6,10-11,14H2,1H3,(H,23,24,25). The number of rotatable bonds is 6. The SMILES string of the molecule is CCc1cc(NCCC(=O)N2CCc3sccc3C2)nc(-c2ccncc2)n1. The lowest BCUT2D eigenvalue weighted by atomic mass is 10.1. The van der Waals surface area contributed by atoms with Crippen molar-refractivity contribution >= 4 is 23.1 Å². The maximum atomic E-state index is 12.6. The second-order valence-electron chi connectivity index (χ2n) is 6.77. The fourth-order valence-electron chi connectivity index (χ4n) is 3.32. The van der Waals surface area contributed by atoms with Gasteiger partial charge in [0.1, 0.15) is 5.82 Å². The van der Waals surface area contributed by atoms with Crippen LogP contribution >= 0.6 is 11.3 Å². The number of aryl methyl sites for hydroxylation is 1. The van der Waals surface area contributed by atoms with Crippen LogP contribution in [0.15, 0.2) is 42.0 Å². The topological polar surface area (TPSA) is 71.0 Å². The molecule has 3 aromatic rings. The lowest BCUT2D eigenvalue weighted by molar-refractivity contribution is -0.131. The van der Waals surface area contributed by atoms with Crippen molar-refractivity contribution in [3.05, 3.63) is 58.2 Å². The van der Waals surface area contributed by atoms with Crippen molar-refractivity contribution in [2.45, 2.75) is 32.7 Å². The lowest BCUT2D eigenvalue weighted by Gasteiger charge is -2.27. The van der Waals surface area contributed by atoms with Crippen LogP contribution in [0, 0.1) is 0 Å². The highest BCUT2D eigenvalue weighted by Crippen LogP contribution is 2.24. The average molecular weight is 394 g/mol. The van der Waals surface area contributed by atoms with Gasteiger partial charge in [0.05, 0.1) is 0 Å². The van der Waals surface area contributed by atoms with Gasteiger partial charge in [-0.25, -0.2) is 9.97 Å². The van der Waals surface area contributed by atoms with Gasteiger partial charge in [0.2, 0.25) is 5.91 Å². The first-order valence-electron chi connectivity index (χ1n) is 9.58. The number of carbonyl (C=O) groups is 1. The summed E-state index contributed by atoms with van der Waals surface area (Å²) in [5.74, 6) is 1.62. The number of amides is 1. The maximum Gasteiger partial charge on any atom is 0.224 e. The molecule has 1 N–H and O–H groups in total. The van der Waals surface area contributed by atoms with Crippen LogP contribution < -0.4 is 5.32 Å². The summed E-state index contributed by atoms with van der Waals surface area (Å²) in [4.78, 5) is 29.2. The third-order valence-electron chi connectivity index (χ3n) is 4.89. The summed E-state index contributed by atoms with van der Waals surface area (Å²) >= 11 is 1.79. The molecule has 7 heteroatoms. The molecule has 0 saturated carbocycles. The van der Waals surface area contributed by atoms with E-state index in [2.05, 4.69) is 38.6 Å². The van der Waals surface area contributed by atoms with E-state index < -0.39 is 0 Å². The summed E-state index contributed by atoms with van der Waals surface area (Å²) in [6, 6.07) is 7.88. The van der Waals surface area contributed by atoms with E-state index >= 15 is 0 Å². The van der Waals surface area contributed by atoms with Crippen molar-refractivity contribution in [2.24, 2.45) is 0 Å². The number of nitrogens with zero attached hydrogens (tertiary/aromatic N) is 4. The summed E-state index contributed by atoms with van der Waals surface area (Å²) in [5.41, 5.74) is 3.20. The van der Waals surface area contributed by atoms with E-state index in [0.717, 1.165) is 43.0 Å². The molecule has 6 nitrogen and oxygen atoms in total. The normalized spacial score (nSPS) is 13.2. The molecule has 0 aromatic carbocycles. The van der Waals surface area contributed by atoms with Gasteiger partial charge in [-0.2, -0.15) is 0 Å². The number of thiophene rings is 1. The summed E-state index contributed by atoms with van der Waals surface area (Å²) in [7, 11) is 0. The molecule has 3 aromatic heterocycles. The smallest absolute Gasteiger partial charge is 0.224 e. The molecular formula is C21H23N5OS. The molecular weight excluding hydrogens is 370 g/mol. The van der Waals surface area contributed by atoms with Crippen LogP contribution in [0.3, 0.4) is 0 Å². The fourth-order valence-corrected chi connectivity index (χ4v) is 4.21. The van der Waals surface area contributed by atoms with Gasteiger partial charge in [-0.3, -0.25) is 9.78 Å². The number of pyridine rings is 1. The van der Waals surface area contributed by atoms with E-state index in [-0.39, 0.29) is 5.91 Å². The van der Waals surface area contributed by atoms with Crippen LogP contribution in [0.1, 0.15) is 29.5 Å². The van der Waals surface area contributed by atoms with Crippen molar-refractivity contribution < 1.29 is 4.79 Å². The maximum absolute atomic E-state index is 12.6. The van der Waals surface area contributed by atoms with E-state index in [1.54, 1.807) is 23.7 Å². The van der Waals surface area contributed by atoms with Crippen LogP contribution in [0.4, 0.5) is 5.82 Å². The van der Waals surface area contributed by atoms with Crippen molar-refractivity contribution in [1.29, 1.82) is 0 Å². The summed E-state index contributed by atoms with van der Waals surface area (Å²) in [6.45, 7) is 4.17. The highest BCUT2D eigenvalue weighted by atomic mass is 32.1. The Labute approximate surface area is 168 Å². The predicted molar refractivity (Wildman–Crippen MR) is 111 cm³/mol. The molecule has 0 radical (unpaired) electrons. The van der Waals surface area contributed by atoms with Gasteiger partial charge in [-0.1, -0.05) is 6.92 Å². The van der Waals surface area contributed by atoms with E-state index in [9.17, 15) is 4.79 Å². The Bertz CT molecular complexity index is 956. The molecule has 0 bridgehead atoms. The molecule has 0 unspecified atom stereocenters. The summed E-state index contributed by atoms with van der Waals surface area (Å²) in [5, 5.41) is 5.41. The zero-order valence-electron chi connectivity index (χ0n) is 15.9. The van der Waals surface area contributed by atoms with Gasteiger partial charge in [0, 0.05) is 60.6 Å². The second kappa shape index (κ2) is 8.48. The molecule has 0 saturated heterocycles. The summed E-state index contributed by atoms with van der Waals surface area (Å²) < 4.78 is 0. The second-order valence-corrected chi connectivity index (χ2v) is 7.77. The van der Waals surface area contributed by atoms with Crippen molar-refractivity contribution in [3.63, 3.8) is 0 Å². The highest BCUT2D eigenvalue weighted by Gasteiger charge is 2.21. The minimum Gasteiger partial charge on any atom is -0.369 e. The minimum atomic E-state index is 0.184. The Kier molecular flexibility index (Phi) is 5.62. The first-order valence-corrected chi connectivity index (χ1v) is 10.5. The zero-order valence-corrected chi connectivity index (χ0v) is 16.7. The summed E-state index contributed by atoms with van der Waals surface area (Å²) in [6.07, 6.45) is 5.72. The Morgan fingerprint density at radius 2 is 2.11 bits per heavy atom. The molecule has 0 atom stereocenters. The number of anilines is 1. The molecule has 1 amide bonds. The number of hydrogen-bond acceptors (Lipinski definition) is 6. The van der Waals surface area contributed by atoms with Crippen molar-refractivity contribution in [1.82, 2.24) is 19.9 Å². The molecule has 0 fully saturated rings. The van der Waals surface area contributed by atoms with Crippen LogP contribution in [0.25, 0.3) is 11.4 Å². The van der Waals surface area contributed by atoms with Crippen molar-refractivity contribution in [3.8, 4) is 11.4 Å². The molecule has 0 aliphatic carbocycles. The number of nitrogens with one attached hydrogen (secondary N) is 1. The van der Waals surface area contributed by atoms with E-state index in [1.165, 1.54) is 10.4 Å². The van der Waals surface area contributed by atoms with Crippen molar-refractivity contribution in [2.75, 3.05) is 18.4 Å². The van der Waals surface area contributed by atoms with Gasteiger partial charge >= 0.3 is 0 Å².